The molecule has 4 rings (SSSR count). The maximum absolute atomic E-state index is 6.23. The van der Waals surface area contributed by atoms with Crippen molar-refractivity contribution < 1.29 is 9.47 Å². The summed E-state index contributed by atoms with van der Waals surface area (Å²) in [5.74, 6) is 2.11. The summed E-state index contributed by atoms with van der Waals surface area (Å²) in [6.45, 7) is 4.66. The van der Waals surface area contributed by atoms with Crippen LogP contribution in [0.2, 0.25) is 5.02 Å². The van der Waals surface area contributed by atoms with Gasteiger partial charge in [0, 0.05) is 19.3 Å². The Bertz CT molecular complexity index is 686. The molecule has 2 unspecified atom stereocenters. The third-order valence-electron chi connectivity index (χ3n) is 5.36. The number of para-hydroxylation sites is 1. The number of fused-ring (bicyclic) bond motifs is 1. The highest BCUT2D eigenvalue weighted by Crippen LogP contribution is 2.38. The first-order valence-corrected chi connectivity index (χ1v) is 9.73. The van der Waals surface area contributed by atoms with Crippen molar-refractivity contribution in [1.29, 1.82) is 0 Å². The quantitative estimate of drug-likeness (QED) is 0.877. The first-order valence-electron chi connectivity index (χ1n) is 9.35. The minimum atomic E-state index is 0.00985. The largest absolute Gasteiger partial charge is 0.486 e. The number of rotatable bonds is 4. The van der Waals surface area contributed by atoms with Crippen LogP contribution in [0.4, 0.5) is 0 Å². The van der Waals surface area contributed by atoms with Gasteiger partial charge >= 0.3 is 0 Å². The molecule has 26 heavy (non-hydrogen) atoms. The lowest BCUT2D eigenvalue weighted by Gasteiger charge is -2.38. The smallest absolute Gasteiger partial charge is 0.180 e. The molecule has 140 valence electrons. The Morgan fingerprint density at radius 1 is 1.15 bits per heavy atom. The molecule has 0 spiro atoms. The van der Waals surface area contributed by atoms with Crippen LogP contribution in [-0.2, 0) is 0 Å². The van der Waals surface area contributed by atoms with E-state index in [0.29, 0.717) is 23.3 Å². The van der Waals surface area contributed by atoms with E-state index in [1.165, 1.54) is 12.8 Å². The molecular formula is C20H26ClN3O2. The molecule has 0 amide bonds. The third kappa shape index (κ3) is 4.00. The zero-order chi connectivity index (χ0) is 17.9. The van der Waals surface area contributed by atoms with Gasteiger partial charge in [-0.3, -0.25) is 4.90 Å². The van der Waals surface area contributed by atoms with E-state index in [9.17, 15) is 0 Å². The van der Waals surface area contributed by atoms with Gasteiger partial charge < -0.3 is 20.1 Å². The third-order valence-corrected chi connectivity index (χ3v) is 5.66. The number of ether oxygens (including phenoxy) is 2. The van der Waals surface area contributed by atoms with E-state index < -0.39 is 0 Å². The number of likely N-dealkylation sites (tertiary alicyclic amines) is 1. The zero-order valence-corrected chi connectivity index (χ0v) is 15.6. The van der Waals surface area contributed by atoms with Crippen molar-refractivity contribution in [2.75, 3.05) is 32.8 Å². The molecule has 1 aromatic carbocycles. The van der Waals surface area contributed by atoms with E-state index in [1.54, 1.807) is 0 Å². The van der Waals surface area contributed by atoms with Crippen LogP contribution in [-0.4, -0.2) is 54.9 Å². The van der Waals surface area contributed by atoms with Crippen LogP contribution in [0.1, 0.15) is 12.8 Å². The summed E-state index contributed by atoms with van der Waals surface area (Å²) in [6, 6.07) is 5.62. The van der Waals surface area contributed by atoms with E-state index >= 15 is 0 Å². The Hall–Kier alpha value is -1.69. The predicted octanol–water partition coefficient (Wildman–Crippen LogP) is 2.86. The minimum Gasteiger partial charge on any atom is -0.486 e. The van der Waals surface area contributed by atoms with E-state index in [0.717, 1.165) is 31.9 Å². The lowest BCUT2D eigenvalue weighted by molar-refractivity contribution is 0.0455. The standard InChI is InChI=1S/C20H26ClN3O2/c21-17-4-3-5-18-20(17)26-16(14-25-18)13-23-10-7-15(8-11-23)12-24-9-2-1-6-19(24)22/h1-6,9,15-16,19H,7-8,10-14,22H2. The molecule has 1 fully saturated rings. The normalized spacial score (nSPS) is 26.3. The molecule has 3 aliphatic heterocycles. The van der Waals surface area contributed by atoms with Crippen LogP contribution in [0.25, 0.3) is 0 Å². The first kappa shape index (κ1) is 17.7. The van der Waals surface area contributed by atoms with Crippen LogP contribution in [0.5, 0.6) is 11.5 Å². The Morgan fingerprint density at radius 2 is 2.00 bits per heavy atom. The van der Waals surface area contributed by atoms with Crippen LogP contribution in [0.15, 0.2) is 42.6 Å². The first-order chi connectivity index (χ1) is 12.7. The molecule has 0 bridgehead atoms. The Morgan fingerprint density at radius 3 is 2.81 bits per heavy atom. The van der Waals surface area contributed by atoms with Crippen LogP contribution in [0.3, 0.4) is 0 Å². The molecule has 3 heterocycles. The fourth-order valence-corrected chi connectivity index (χ4v) is 4.07. The average molecular weight is 376 g/mol. The monoisotopic (exact) mass is 375 g/mol. The van der Waals surface area contributed by atoms with Gasteiger partial charge in [0.15, 0.2) is 11.5 Å². The van der Waals surface area contributed by atoms with Crippen molar-refractivity contribution in [2.45, 2.75) is 25.1 Å². The van der Waals surface area contributed by atoms with E-state index in [1.807, 2.05) is 30.4 Å². The van der Waals surface area contributed by atoms with E-state index in [2.05, 4.69) is 22.1 Å². The van der Waals surface area contributed by atoms with Gasteiger partial charge in [0.25, 0.3) is 0 Å². The summed E-state index contributed by atoms with van der Waals surface area (Å²) >= 11 is 6.23. The molecule has 1 aromatic rings. The van der Waals surface area contributed by atoms with E-state index in [-0.39, 0.29) is 12.3 Å². The fourth-order valence-electron chi connectivity index (χ4n) is 3.86. The lowest BCUT2D eigenvalue weighted by atomic mass is 9.95. The highest BCUT2D eigenvalue weighted by atomic mass is 35.5. The molecule has 0 aromatic heterocycles. The van der Waals surface area contributed by atoms with Crippen LogP contribution >= 0.6 is 11.6 Å². The van der Waals surface area contributed by atoms with Crippen molar-refractivity contribution >= 4 is 11.6 Å². The maximum Gasteiger partial charge on any atom is 0.180 e. The Kier molecular flexibility index (Phi) is 5.38. The van der Waals surface area contributed by atoms with Crippen molar-refractivity contribution in [3.05, 3.63) is 47.6 Å². The van der Waals surface area contributed by atoms with Gasteiger partial charge in [-0.2, -0.15) is 0 Å². The van der Waals surface area contributed by atoms with Gasteiger partial charge in [-0.1, -0.05) is 23.7 Å². The molecule has 2 N–H and O–H groups in total. The van der Waals surface area contributed by atoms with Crippen LogP contribution < -0.4 is 15.2 Å². The Labute approximate surface area is 160 Å². The molecule has 0 saturated carbocycles. The second kappa shape index (κ2) is 7.91. The summed E-state index contributed by atoms with van der Waals surface area (Å²) in [5.41, 5.74) is 6.13. The lowest BCUT2D eigenvalue weighted by Crippen LogP contribution is -2.46. The van der Waals surface area contributed by atoms with Gasteiger partial charge in [0.2, 0.25) is 0 Å². The average Bonchev–Trinajstić information content (AvgIpc) is 2.66. The fraction of sp³-hybridized carbons (Fsp3) is 0.500. The number of nitrogens with two attached hydrogens (primary N) is 1. The molecule has 1 saturated heterocycles. The summed E-state index contributed by atoms with van der Waals surface area (Å²) in [5, 5.41) is 0.617. The van der Waals surface area contributed by atoms with Crippen molar-refractivity contribution in [3.63, 3.8) is 0 Å². The summed E-state index contributed by atoms with van der Waals surface area (Å²) in [4.78, 5) is 4.70. The maximum atomic E-state index is 6.23. The summed E-state index contributed by atoms with van der Waals surface area (Å²) < 4.78 is 11.9. The SMILES string of the molecule is NC1C=CC=CN1CC1CCN(CC2COc3cccc(Cl)c3O2)CC1. The van der Waals surface area contributed by atoms with E-state index in [4.69, 9.17) is 26.8 Å². The number of hydrogen-bond donors (Lipinski definition) is 1. The number of hydrogen-bond acceptors (Lipinski definition) is 5. The molecule has 6 heteroatoms. The molecule has 3 aliphatic rings. The number of halogens is 1. The topological polar surface area (TPSA) is 51.0 Å². The molecular weight excluding hydrogens is 350 g/mol. The highest BCUT2D eigenvalue weighted by molar-refractivity contribution is 6.32. The minimum absolute atomic E-state index is 0.00985. The van der Waals surface area contributed by atoms with Gasteiger partial charge in [0.1, 0.15) is 12.7 Å². The van der Waals surface area contributed by atoms with Crippen molar-refractivity contribution in [3.8, 4) is 11.5 Å². The second-order valence-electron chi connectivity index (χ2n) is 7.28. The van der Waals surface area contributed by atoms with Gasteiger partial charge in [0.05, 0.1) is 11.2 Å². The molecule has 2 atom stereocenters. The number of benzene rings is 1. The summed E-state index contributed by atoms with van der Waals surface area (Å²) in [6.07, 6.45) is 10.6. The van der Waals surface area contributed by atoms with Crippen LogP contribution in [0, 0.1) is 5.92 Å². The second-order valence-corrected chi connectivity index (χ2v) is 7.68. The molecule has 5 nitrogen and oxygen atoms in total. The number of allylic oxidation sites excluding steroid dienone is 2. The molecule has 0 radical (unpaired) electrons. The van der Waals surface area contributed by atoms with Crippen molar-refractivity contribution in [1.82, 2.24) is 9.80 Å². The predicted molar refractivity (Wildman–Crippen MR) is 103 cm³/mol. The van der Waals surface area contributed by atoms with Crippen molar-refractivity contribution in [2.24, 2.45) is 11.7 Å². The van der Waals surface area contributed by atoms with Gasteiger partial charge in [-0.25, -0.2) is 0 Å². The zero-order valence-electron chi connectivity index (χ0n) is 14.9. The summed E-state index contributed by atoms with van der Waals surface area (Å²) in [7, 11) is 0. The Balaban J connectivity index is 1.25. The van der Waals surface area contributed by atoms with Gasteiger partial charge in [-0.05, 0) is 56.1 Å². The highest BCUT2D eigenvalue weighted by Gasteiger charge is 2.28. The van der Waals surface area contributed by atoms with Gasteiger partial charge in [-0.15, -0.1) is 0 Å². The number of nitrogens with zero attached hydrogens (tertiary/aromatic N) is 2. The molecule has 0 aliphatic carbocycles. The number of piperidine rings is 1.